The van der Waals surface area contributed by atoms with Crippen LogP contribution in [0.15, 0.2) is 109 Å². The van der Waals surface area contributed by atoms with Gasteiger partial charge in [-0.2, -0.15) is 0 Å². The van der Waals surface area contributed by atoms with Gasteiger partial charge in [-0.15, -0.1) is 0 Å². The highest BCUT2D eigenvalue weighted by Crippen LogP contribution is 2.46. The summed E-state index contributed by atoms with van der Waals surface area (Å²) in [7, 11) is 2.14. The van der Waals surface area contributed by atoms with Gasteiger partial charge in [0.25, 0.3) is 0 Å². The van der Waals surface area contributed by atoms with Crippen molar-refractivity contribution in [3.8, 4) is 0 Å². The van der Waals surface area contributed by atoms with Gasteiger partial charge in [0.1, 0.15) is 0 Å². The summed E-state index contributed by atoms with van der Waals surface area (Å²) in [6.45, 7) is 3.55. The number of benzene rings is 4. The molecule has 0 radical (unpaired) electrons. The van der Waals surface area contributed by atoms with Gasteiger partial charge in [0.05, 0.1) is 11.1 Å². The van der Waals surface area contributed by atoms with Crippen molar-refractivity contribution in [1.82, 2.24) is 9.80 Å². The standard InChI is InChI=1S/C33H34N2O/c1-34-21-19-32(36,20-22-34)31-18-17-26-24-35(25-27(26)23-31)33(28-11-5-2-6-12-28,29-13-7-3-8-14-29)30-15-9-4-10-16-30/h2-18,23,36H,19-22,24-25H2,1H3. The summed E-state index contributed by atoms with van der Waals surface area (Å²) in [5.41, 5.74) is 6.39. The Bertz CT molecular complexity index is 1220. The molecule has 4 aromatic carbocycles. The van der Waals surface area contributed by atoms with E-state index >= 15 is 0 Å². The molecule has 6 rings (SSSR count). The van der Waals surface area contributed by atoms with Crippen LogP contribution in [-0.2, 0) is 24.2 Å². The van der Waals surface area contributed by atoms with Gasteiger partial charge in [-0.1, -0.05) is 109 Å². The third-order valence-corrected chi connectivity index (χ3v) is 8.33. The summed E-state index contributed by atoms with van der Waals surface area (Å²) < 4.78 is 0. The Labute approximate surface area is 214 Å². The Morgan fingerprint density at radius 2 is 1.11 bits per heavy atom. The molecule has 2 aliphatic rings. The minimum absolute atomic E-state index is 0.423. The molecule has 2 heterocycles. The van der Waals surface area contributed by atoms with Crippen molar-refractivity contribution in [1.29, 1.82) is 0 Å². The average Bonchev–Trinajstić information content (AvgIpc) is 3.36. The third-order valence-electron chi connectivity index (χ3n) is 8.33. The zero-order valence-electron chi connectivity index (χ0n) is 21.0. The van der Waals surface area contributed by atoms with E-state index < -0.39 is 11.1 Å². The van der Waals surface area contributed by atoms with E-state index in [9.17, 15) is 5.11 Å². The molecule has 0 amide bonds. The maximum absolute atomic E-state index is 11.5. The summed E-state index contributed by atoms with van der Waals surface area (Å²) in [6.07, 6.45) is 1.57. The predicted molar refractivity (Wildman–Crippen MR) is 146 cm³/mol. The van der Waals surface area contributed by atoms with Crippen LogP contribution >= 0.6 is 0 Å². The van der Waals surface area contributed by atoms with Crippen LogP contribution in [0.1, 0.15) is 46.2 Å². The highest BCUT2D eigenvalue weighted by Gasteiger charge is 2.44. The molecule has 36 heavy (non-hydrogen) atoms. The quantitative estimate of drug-likeness (QED) is 0.365. The SMILES string of the molecule is CN1CCC(O)(c2ccc3c(c2)CN(C(c2ccccc2)(c2ccccc2)c2ccccc2)C3)CC1. The number of rotatable bonds is 5. The third kappa shape index (κ3) is 3.88. The zero-order chi connectivity index (χ0) is 24.6. The van der Waals surface area contributed by atoms with Crippen LogP contribution in [0.4, 0.5) is 0 Å². The van der Waals surface area contributed by atoms with E-state index in [0.29, 0.717) is 0 Å². The number of nitrogens with zero attached hydrogens (tertiary/aromatic N) is 2. The lowest BCUT2D eigenvalue weighted by Gasteiger charge is -2.43. The van der Waals surface area contributed by atoms with Crippen molar-refractivity contribution in [2.75, 3.05) is 20.1 Å². The zero-order valence-corrected chi connectivity index (χ0v) is 21.0. The highest BCUT2D eigenvalue weighted by molar-refractivity contribution is 5.51. The minimum atomic E-state index is -0.732. The van der Waals surface area contributed by atoms with Crippen molar-refractivity contribution >= 4 is 0 Å². The molecule has 4 aromatic rings. The smallest absolute Gasteiger partial charge is 0.0978 e. The molecule has 0 atom stereocenters. The number of likely N-dealkylation sites (tertiary alicyclic amines) is 1. The normalized spacial score (nSPS) is 18.2. The lowest BCUT2D eigenvalue weighted by molar-refractivity contribution is -0.0203. The topological polar surface area (TPSA) is 26.7 Å². The molecule has 1 N–H and O–H groups in total. The van der Waals surface area contributed by atoms with Crippen LogP contribution in [0.2, 0.25) is 0 Å². The Morgan fingerprint density at radius 3 is 1.61 bits per heavy atom. The number of piperidine rings is 1. The molecule has 0 spiro atoms. The van der Waals surface area contributed by atoms with Crippen LogP contribution in [0.25, 0.3) is 0 Å². The fourth-order valence-electron chi connectivity index (χ4n) is 6.28. The van der Waals surface area contributed by atoms with E-state index in [1.807, 2.05) is 0 Å². The van der Waals surface area contributed by atoms with Gasteiger partial charge in [0.2, 0.25) is 0 Å². The van der Waals surface area contributed by atoms with Gasteiger partial charge >= 0.3 is 0 Å². The van der Waals surface area contributed by atoms with Crippen molar-refractivity contribution in [2.45, 2.75) is 37.1 Å². The van der Waals surface area contributed by atoms with Gasteiger partial charge in [0, 0.05) is 26.2 Å². The van der Waals surface area contributed by atoms with Gasteiger partial charge < -0.3 is 10.0 Å². The molecule has 2 aliphatic heterocycles. The maximum Gasteiger partial charge on any atom is 0.0978 e. The molecule has 3 nitrogen and oxygen atoms in total. The van der Waals surface area contributed by atoms with Crippen molar-refractivity contribution < 1.29 is 5.11 Å². The van der Waals surface area contributed by atoms with E-state index in [4.69, 9.17) is 0 Å². The lowest BCUT2D eigenvalue weighted by atomic mass is 9.75. The number of aliphatic hydroxyl groups is 1. The van der Waals surface area contributed by atoms with Gasteiger partial charge in [-0.3, -0.25) is 4.90 Å². The molecule has 1 saturated heterocycles. The van der Waals surface area contributed by atoms with Crippen LogP contribution < -0.4 is 0 Å². The maximum atomic E-state index is 11.5. The second-order valence-electron chi connectivity index (χ2n) is 10.5. The summed E-state index contributed by atoms with van der Waals surface area (Å²) in [5.74, 6) is 0. The van der Waals surface area contributed by atoms with Crippen LogP contribution in [0.5, 0.6) is 0 Å². The molecule has 0 bridgehead atoms. The van der Waals surface area contributed by atoms with Gasteiger partial charge in [-0.25, -0.2) is 0 Å². The summed E-state index contributed by atoms with van der Waals surface area (Å²) in [6, 6.07) is 39.4. The molecular weight excluding hydrogens is 440 g/mol. The van der Waals surface area contributed by atoms with E-state index in [1.165, 1.54) is 27.8 Å². The Balaban J connectivity index is 1.46. The molecule has 3 heteroatoms. The number of hydrogen-bond donors (Lipinski definition) is 1. The van der Waals surface area contributed by atoms with E-state index in [-0.39, 0.29) is 0 Å². The molecular formula is C33H34N2O. The van der Waals surface area contributed by atoms with E-state index in [2.05, 4.69) is 126 Å². The average molecular weight is 475 g/mol. The van der Waals surface area contributed by atoms with Crippen LogP contribution in [0.3, 0.4) is 0 Å². The van der Waals surface area contributed by atoms with Crippen LogP contribution in [0, 0.1) is 0 Å². The minimum Gasteiger partial charge on any atom is -0.385 e. The molecule has 1 fully saturated rings. The molecule has 0 aromatic heterocycles. The summed E-state index contributed by atoms with van der Waals surface area (Å²) in [5, 5.41) is 11.5. The monoisotopic (exact) mass is 474 g/mol. The molecule has 182 valence electrons. The first-order valence-electron chi connectivity index (χ1n) is 13.0. The second kappa shape index (κ2) is 9.33. The van der Waals surface area contributed by atoms with Crippen molar-refractivity contribution in [2.24, 2.45) is 0 Å². The number of fused-ring (bicyclic) bond motifs is 1. The molecule has 0 saturated carbocycles. The van der Waals surface area contributed by atoms with Gasteiger partial charge in [-0.05, 0) is 53.3 Å². The second-order valence-corrected chi connectivity index (χ2v) is 10.5. The largest absolute Gasteiger partial charge is 0.385 e. The van der Waals surface area contributed by atoms with E-state index in [1.54, 1.807) is 0 Å². The van der Waals surface area contributed by atoms with Crippen LogP contribution in [-0.4, -0.2) is 35.0 Å². The van der Waals surface area contributed by atoms with Crippen molar-refractivity contribution in [3.05, 3.63) is 143 Å². The summed E-state index contributed by atoms with van der Waals surface area (Å²) in [4.78, 5) is 4.91. The Morgan fingerprint density at radius 1 is 0.639 bits per heavy atom. The molecule has 0 unspecified atom stereocenters. The van der Waals surface area contributed by atoms with Gasteiger partial charge in [0.15, 0.2) is 0 Å². The lowest BCUT2D eigenvalue weighted by Crippen LogP contribution is -2.45. The first kappa shape index (κ1) is 23.2. The first-order chi connectivity index (χ1) is 17.6. The first-order valence-corrected chi connectivity index (χ1v) is 13.0. The Hall–Kier alpha value is -3.24. The fourth-order valence-corrected chi connectivity index (χ4v) is 6.28. The number of hydrogen-bond acceptors (Lipinski definition) is 3. The predicted octanol–water partition coefficient (Wildman–Crippen LogP) is 5.91. The Kier molecular flexibility index (Phi) is 6.00. The summed E-state index contributed by atoms with van der Waals surface area (Å²) >= 11 is 0. The highest BCUT2D eigenvalue weighted by atomic mass is 16.3. The fraction of sp³-hybridized carbons (Fsp3) is 0.273. The molecule has 0 aliphatic carbocycles. The van der Waals surface area contributed by atoms with E-state index in [0.717, 1.165) is 44.6 Å². The van der Waals surface area contributed by atoms with Crippen molar-refractivity contribution in [3.63, 3.8) is 0 Å².